The summed E-state index contributed by atoms with van der Waals surface area (Å²) in [6.07, 6.45) is 0.734. The molecule has 0 radical (unpaired) electrons. The van der Waals surface area contributed by atoms with Crippen molar-refractivity contribution >= 4 is 21.6 Å². The van der Waals surface area contributed by atoms with Crippen LogP contribution in [0.3, 0.4) is 0 Å². The molecule has 0 atom stereocenters. The Balaban J connectivity index is 3.04. The zero-order chi connectivity index (χ0) is 8.97. The van der Waals surface area contributed by atoms with E-state index >= 15 is 0 Å². The Morgan fingerprint density at radius 2 is 2.00 bits per heavy atom. The Morgan fingerprint density at radius 1 is 1.42 bits per heavy atom. The van der Waals surface area contributed by atoms with Crippen molar-refractivity contribution in [2.75, 3.05) is 0 Å². The zero-order valence-electron chi connectivity index (χ0n) is 6.79. The third-order valence-corrected chi connectivity index (χ3v) is 2.16. The van der Waals surface area contributed by atoms with Crippen molar-refractivity contribution in [1.29, 1.82) is 0 Å². The molecule has 0 amide bonds. The van der Waals surface area contributed by atoms with E-state index in [0.29, 0.717) is 5.71 Å². The van der Waals surface area contributed by atoms with Crippen molar-refractivity contribution < 1.29 is 4.79 Å². The predicted molar refractivity (Wildman–Crippen MR) is 52.2 cm³/mol. The van der Waals surface area contributed by atoms with Crippen LogP contribution in [0.1, 0.15) is 18.9 Å². The molecule has 0 aliphatic heterocycles. The minimum Gasteiger partial charge on any atom is -0.361 e. The van der Waals surface area contributed by atoms with Gasteiger partial charge in [-0.25, -0.2) is 0 Å². The minimum absolute atomic E-state index is 0.711. The van der Waals surface area contributed by atoms with Crippen molar-refractivity contribution in [2.24, 2.45) is 0 Å². The number of rotatable bonds is 2. The first-order valence-corrected chi connectivity index (χ1v) is 4.54. The SMILES string of the molecule is CCC(=[N+]=[N-])c1ccc(Br)cc1. The number of hydrogen-bond donors (Lipinski definition) is 0. The van der Waals surface area contributed by atoms with E-state index in [-0.39, 0.29) is 0 Å². The average Bonchev–Trinajstić information content (AvgIpc) is 2.10. The molecule has 0 aliphatic carbocycles. The fourth-order valence-electron chi connectivity index (χ4n) is 0.975. The van der Waals surface area contributed by atoms with Crippen molar-refractivity contribution in [2.45, 2.75) is 13.3 Å². The summed E-state index contributed by atoms with van der Waals surface area (Å²) in [7, 11) is 0. The summed E-state index contributed by atoms with van der Waals surface area (Å²) in [5.74, 6) is 0. The number of benzene rings is 1. The van der Waals surface area contributed by atoms with Gasteiger partial charge in [0, 0.05) is 10.9 Å². The minimum atomic E-state index is 0.711. The molecule has 1 aromatic carbocycles. The summed E-state index contributed by atoms with van der Waals surface area (Å²) in [6, 6.07) is 7.69. The Kier molecular flexibility index (Phi) is 3.20. The Hall–Kier alpha value is -0.920. The lowest BCUT2D eigenvalue weighted by Gasteiger charge is -1.93. The molecule has 0 saturated carbocycles. The summed E-state index contributed by atoms with van der Waals surface area (Å²) in [5, 5.41) is 0. The van der Waals surface area contributed by atoms with E-state index in [9.17, 15) is 0 Å². The van der Waals surface area contributed by atoms with Crippen molar-refractivity contribution in [3.8, 4) is 0 Å². The quantitative estimate of drug-likeness (QED) is 0.421. The maximum absolute atomic E-state index is 8.63. The van der Waals surface area contributed by atoms with Gasteiger partial charge in [-0.05, 0) is 24.3 Å². The smallest absolute Gasteiger partial charge is 0.298 e. The lowest BCUT2D eigenvalue weighted by atomic mass is 10.1. The van der Waals surface area contributed by atoms with Crippen LogP contribution in [0.2, 0.25) is 0 Å². The molecule has 0 aromatic heterocycles. The highest BCUT2D eigenvalue weighted by molar-refractivity contribution is 9.10. The molecule has 0 aliphatic rings. The Bertz CT molecular complexity index is 310. The first-order valence-electron chi connectivity index (χ1n) is 3.74. The van der Waals surface area contributed by atoms with Crippen molar-refractivity contribution in [3.05, 3.63) is 39.8 Å². The van der Waals surface area contributed by atoms with Crippen LogP contribution in [0.25, 0.3) is 5.53 Å². The fraction of sp³-hybridized carbons (Fsp3) is 0.222. The average molecular weight is 225 g/mol. The van der Waals surface area contributed by atoms with E-state index in [0.717, 1.165) is 16.5 Å². The van der Waals surface area contributed by atoms with E-state index < -0.39 is 0 Å². The highest BCUT2D eigenvalue weighted by Crippen LogP contribution is 2.11. The lowest BCUT2D eigenvalue weighted by molar-refractivity contribution is -0.00654. The van der Waals surface area contributed by atoms with Crippen LogP contribution >= 0.6 is 15.9 Å². The van der Waals surface area contributed by atoms with Gasteiger partial charge in [0.05, 0.1) is 5.56 Å². The van der Waals surface area contributed by atoms with Gasteiger partial charge in [0.15, 0.2) is 0 Å². The van der Waals surface area contributed by atoms with Gasteiger partial charge in [-0.15, -0.1) is 0 Å². The standard InChI is InChI=1S/C9H9BrN2/c1-2-9(12-11)7-3-5-8(10)6-4-7/h3-6H,2H2,1H3. The second-order valence-electron chi connectivity index (χ2n) is 2.41. The molecule has 0 spiro atoms. The van der Waals surface area contributed by atoms with Crippen molar-refractivity contribution in [1.82, 2.24) is 0 Å². The first-order chi connectivity index (χ1) is 5.77. The molecule has 0 fully saturated rings. The molecule has 1 rings (SSSR count). The van der Waals surface area contributed by atoms with Gasteiger partial charge < -0.3 is 5.53 Å². The number of halogens is 1. The summed E-state index contributed by atoms with van der Waals surface area (Å²) in [4.78, 5) is 3.21. The van der Waals surface area contributed by atoms with E-state index in [1.807, 2.05) is 31.2 Å². The third-order valence-electron chi connectivity index (χ3n) is 1.63. The van der Waals surface area contributed by atoms with Crippen LogP contribution < -0.4 is 0 Å². The largest absolute Gasteiger partial charge is 0.361 e. The fourth-order valence-corrected chi connectivity index (χ4v) is 1.24. The van der Waals surface area contributed by atoms with Gasteiger partial charge in [0.25, 0.3) is 5.71 Å². The van der Waals surface area contributed by atoms with Gasteiger partial charge in [-0.1, -0.05) is 22.9 Å². The molecular weight excluding hydrogens is 216 g/mol. The summed E-state index contributed by atoms with van der Waals surface area (Å²) in [6.45, 7) is 1.96. The molecule has 0 bridgehead atoms. The highest BCUT2D eigenvalue weighted by Gasteiger charge is 2.07. The van der Waals surface area contributed by atoms with Crippen LogP contribution in [0, 0.1) is 0 Å². The molecule has 1 aromatic rings. The normalized spacial score (nSPS) is 9.17. The summed E-state index contributed by atoms with van der Waals surface area (Å²) in [5.41, 5.74) is 10.3. The first kappa shape index (κ1) is 9.17. The topological polar surface area (TPSA) is 36.4 Å². The number of nitrogens with zero attached hydrogens (tertiary/aromatic N) is 2. The number of hydrogen-bond acceptors (Lipinski definition) is 0. The van der Waals surface area contributed by atoms with E-state index in [2.05, 4.69) is 20.7 Å². The van der Waals surface area contributed by atoms with Gasteiger partial charge >= 0.3 is 0 Å². The molecule has 0 unspecified atom stereocenters. The molecule has 2 nitrogen and oxygen atoms in total. The lowest BCUT2D eigenvalue weighted by Crippen LogP contribution is -1.98. The van der Waals surface area contributed by atoms with Crippen LogP contribution in [0.4, 0.5) is 0 Å². The summed E-state index contributed by atoms with van der Waals surface area (Å²) < 4.78 is 1.03. The zero-order valence-corrected chi connectivity index (χ0v) is 8.37. The van der Waals surface area contributed by atoms with E-state index in [4.69, 9.17) is 5.53 Å². The van der Waals surface area contributed by atoms with Crippen LogP contribution in [-0.4, -0.2) is 10.5 Å². The monoisotopic (exact) mass is 224 g/mol. The molecule has 0 saturated heterocycles. The van der Waals surface area contributed by atoms with E-state index in [1.54, 1.807) is 0 Å². The van der Waals surface area contributed by atoms with Gasteiger partial charge in [0.2, 0.25) is 0 Å². The maximum Gasteiger partial charge on any atom is 0.298 e. The van der Waals surface area contributed by atoms with Crippen LogP contribution in [0.5, 0.6) is 0 Å². The highest BCUT2D eigenvalue weighted by atomic mass is 79.9. The second kappa shape index (κ2) is 4.19. The Morgan fingerprint density at radius 3 is 2.42 bits per heavy atom. The molecule has 12 heavy (non-hydrogen) atoms. The Labute approximate surface area is 80.0 Å². The molecule has 3 heteroatoms. The molecular formula is C9H9BrN2. The van der Waals surface area contributed by atoms with Crippen molar-refractivity contribution in [3.63, 3.8) is 0 Å². The second-order valence-corrected chi connectivity index (χ2v) is 3.32. The third kappa shape index (κ3) is 2.03. The van der Waals surface area contributed by atoms with Gasteiger partial charge in [-0.3, -0.25) is 0 Å². The predicted octanol–water partition coefficient (Wildman–Crippen LogP) is 2.88. The summed E-state index contributed by atoms with van der Waals surface area (Å²) >= 11 is 3.34. The molecule has 0 heterocycles. The van der Waals surface area contributed by atoms with Gasteiger partial charge in [0.1, 0.15) is 0 Å². The van der Waals surface area contributed by atoms with Crippen LogP contribution in [0.15, 0.2) is 28.7 Å². The van der Waals surface area contributed by atoms with Gasteiger partial charge in [-0.2, -0.15) is 4.79 Å². The molecule has 62 valence electrons. The molecule has 0 N–H and O–H groups in total. The van der Waals surface area contributed by atoms with E-state index in [1.165, 1.54) is 0 Å². The van der Waals surface area contributed by atoms with Crippen LogP contribution in [-0.2, 0) is 0 Å². The maximum atomic E-state index is 8.63.